The van der Waals surface area contributed by atoms with Crippen LogP contribution in [-0.4, -0.2) is 17.4 Å². The van der Waals surface area contributed by atoms with Crippen LogP contribution in [0.15, 0.2) is 41.0 Å². The molecule has 1 aromatic carbocycles. The van der Waals surface area contributed by atoms with E-state index in [1.165, 1.54) is 0 Å². The molecule has 0 saturated heterocycles. The standard InChI is InChI=1S/C14H13BrClN3O/c15-11-7-12(13(16)18-8-11)19-14(20)10-3-1-9(2-4-10)5-6-17/h1-4,7-8H,5-6,17H2,(H,19,20). The number of carbonyl (C=O) groups is 1. The number of benzene rings is 1. The van der Waals surface area contributed by atoms with E-state index in [4.69, 9.17) is 17.3 Å². The second-order valence-corrected chi connectivity index (χ2v) is 5.46. The van der Waals surface area contributed by atoms with Gasteiger partial charge < -0.3 is 11.1 Å². The van der Waals surface area contributed by atoms with Gasteiger partial charge in [-0.1, -0.05) is 23.7 Å². The van der Waals surface area contributed by atoms with Crippen LogP contribution in [0.4, 0.5) is 5.69 Å². The van der Waals surface area contributed by atoms with Crippen molar-refractivity contribution in [1.29, 1.82) is 0 Å². The maximum Gasteiger partial charge on any atom is 0.255 e. The topological polar surface area (TPSA) is 68.0 Å². The van der Waals surface area contributed by atoms with Crippen molar-refractivity contribution in [2.24, 2.45) is 5.73 Å². The number of halogens is 2. The number of pyridine rings is 1. The summed E-state index contributed by atoms with van der Waals surface area (Å²) in [5.74, 6) is -0.230. The summed E-state index contributed by atoms with van der Waals surface area (Å²) in [7, 11) is 0. The van der Waals surface area contributed by atoms with E-state index in [0.29, 0.717) is 17.8 Å². The molecule has 0 aliphatic rings. The highest BCUT2D eigenvalue weighted by Gasteiger charge is 2.09. The van der Waals surface area contributed by atoms with E-state index < -0.39 is 0 Å². The van der Waals surface area contributed by atoms with Gasteiger partial charge in [0, 0.05) is 16.2 Å². The molecule has 3 N–H and O–H groups in total. The Labute approximate surface area is 130 Å². The molecule has 2 rings (SSSR count). The second kappa shape index (κ2) is 6.83. The maximum absolute atomic E-state index is 12.1. The Hall–Kier alpha value is -1.43. The smallest absolute Gasteiger partial charge is 0.255 e. The summed E-state index contributed by atoms with van der Waals surface area (Å²) in [6.45, 7) is 0.588. The molecule has 1 amide bonds. The molecule has 0 atom stereocenters. The Balaban J connectivity index is 2.13. The molecule has 4 nitrogen and oxygen atoms in total. The first kappa shape index (κ1) is 15.0. The lowest BCUT2D eigenvalue weighted by Crippen LogP contribution is -2.12. The van der Waals surface area contributed by atoms with Crippen molar-refractivity contribution < 1.29 is 4.79 Å². The predicted octanol–water partition coefficient (Wildman–Crippen LogP) is 3.25. The molecule has 6 heteroatoms. The van der Waals surface area contributed by atoms with Crippen LogP contribution in [0.3, 0.4) is 0 Å². The second-order valence-electron chi connectivity index (χ2n) is 4.18. The fourth-order valence-corrected chi connectivity index (χ4v) is 2.18. The van der Waals surface area contributed by atoms with Crippen LogP contribution in [0.25, 0.3) is 0 Å². The van der Waals surface area contributed by atoms with Crippen molar-refractivity contribution in [3.8, 4) is 0 Å². The average molecular weight is 355 g/mol. The summed E-state index contributed by atoms with van der Waals surface area (Å²) >= 11 is 9.22. The summed E-state index contributed by atoms with van der Waals surface area (Å²) in [6.07, 6.45) is 2.36. The van der Waals surface area contributed by atoms with Crippen molar-refractivity contribution in [1.82, 2.24) is 4.98 Å². The van der Waals surface area contributed by atoms with Crippen molar-refractivity contribution in [2.75, 3.05) is 11.9 Å². The molecule has 0 unspecified atom stereocenters. The summed E-state index contributed by atoms with van der Waals surface area (Å²) in [4.78, 5) is 16.1. The minimum Gasteiger partial charge on any atom is -0.330 e. The lowest BCUT2D eigenvalue weighted by molar-refractivity contribution is 0.102. The highest BCUT2D eigenvalue weighted by atomic mass is 79.9. The van der Waals surface area contributed by atoms with E-state index in [9.17, 15) is 4.79 Å². The number of nitrogens with two attached hydrogens (primary N) is 1. The number of hydrogen-bond acceptors (Lipinski definition) is 3. The van der Waals surface area contributed by atoms with Crippen molar-refractivity contribution in [3.05, 3.63) is 57.3 Å². The summed E-state index contributed by atoms with van der Waals surface area (Å²) in [5, 5.41) is 2.98. The Morgan fingerprint density at radius 2 is 2.05 bits per heavy atom. The molecule has 104 valence electrons. The van der Waals surface area contributed by atoms with Gasteiger partial charge in [0.25, 0.3) is 5.91 Å². The number of amides is 1. The van der Waals surface area contributed by atoms with E-state index in [-0.39, 0.29) is 11.1 Å². The molecule has 20 heavy (non-hydrogen) atoms. The Morgan fingerprint density at radius 1 is 1.35 bits per heavy atom. The monoisotopic (exact) mass is 353 g/mol. The Bertz CT molecular complexity index is 616. The number of aromatic nitrogens is 1. The Morgan fingerprint density at radius 3 is 2.70 bits per heavy atom. The van der Waals surface area contributed by atoms with Crippen molar-refractivity contribution >= 4 is 39.1 Å². The van der Waals surface area contributed by atoms with Crippen LogP contribution in [0.5, 0.6) is 0 Å². The van der Waals surface area contributed by atoms with Gasteiger partial charge in [-0.15, -0.1) is 0 Å². The third-order valence-corrected chi connectivity index (χ3v) is 3.44. The molecule has 1 aromatic heterocycles. The van der Waals surface area contributed by atoms with Crippen LogP contribution in [0, 0.1) is 0 Å². The average Bonchev–Trinajstić information content (AvgIpc) is 2.44. The van der Waals surface area contributed by atoms with Crippen LogP contribution in [0.2, 0.25) is 5.15 Å². The Kier molecular flexibility index (Phi) is 5.11. The quantitative estimate of drug-likeness (QED) is 0.828. The van der Waals surface area contributed by atoms with Gasteiger partial charge in [-0.05, 0) is 52.7 Å². The van der Waals surface area contributed by atoms with Gasteiger partial charge in [0.15, 0.2) is 5.15 Å². The van der Waals surface area contributed by atoms with Crippen molar-refractivity contribution in [2.45, 2.75) is 6.42 Å². The fraction of sp³-hybridized carbons (Fsp3) is 0.143. The summed E-state index contributed by atoms with van der Waals surface area (Å²) in [5.41, 5.74) is 7.62. The number of nitrogens with one attached hydrogen (secondary N) is 1. The molecule has 0 aliphatic carbocycles. The van der Waals surface area contributed by atoms with Crippen LogP contribution in [-0.2, 0) is 6.42 Å². The van der Waals surface area contributed by atoms with Gasteiger partial charge >= 0.3 is 0 Å². The number of hydrogen-bond donors (Lipinski definition) is 2. The van der Waals surface area contributed by atoms with E-state index in [1.807, 2.05) is 12.1 Å². The van der Waals surface area contributed by atoms with Gasteiger partial charge in [-0.25, -0.2) is 4.98 Å². The molecule has 0 aliphatic heterocycles. The molecule has 0 bridgehead atoms. The molecule has 0 spiro atoms. The zero-order chi connectivity index (χ0) is 14.5. The molecule has 0 radical (unpaired) electrons. The van der Waals surface area contributed by atoms with Crippen molar-refractivity contribution in [3.63, 3.8) is 0 Å². The van der Waals surface area contributed by atoms with E-state index >= 15 is 0 Å². The summed E-state index contributed by atoms with van der Waals surface area (Å²) < 4.78 is 0.746. The SMILES string of the molecule is NCCc1ccc(C(=O)Nc2cc(Br)cnc2Cl)cc1. The number of rotatable bonds is 4. The minimum atomic E-state index is -0.230. The van der Waals surface area contributed by atoms with Gasteiger partial charge in [-0.3, -0.25) is 4.79 Å². The molecule has 0 fully saturated rings. The first-order valence-corrected chi connectivity index (χ1v) is 7.18. The third-order valence-electron chi connectivity index (χ3n) is 2.70. The van der Waals surface area contributed by atoms with E-state index in [0.717, 1.165) is 16.5 Å². The number of anilines is 1. The lowest BCUT2D eigenvalue weighted by atomic mass is 10.1. The molecule has 2 aromatic rings. The lowest BCUT2D eigenvalue weighted by Gasteiger charge is -2.07. The molecular weight excluding hydrogens is 342 g/mol. The molecular formula is C14H13BrClN3O. The van der Waals surface area contributed by atoms with E-state index in [1.54, 1.807) is 24.4 Å². The fourth-order valence-electron chi connectivity index (χ4n) is 1.69. The molecule has 1 heterocycles. The van der Waals surface area contributed by atoms with Crippen LogP contribution in [0.1, 0.15) is 15.9 Å². The first-order valence-electron chi connectivity index (χ1n) is 6.01. The van der Waals surface area contributed by atoms with Gasteiger partial charge in [0.2, 0.25) is 0 Å². The third kappa shape index (κ3) is 3.79. The predicted molar refractivity (Wildman–Crippen MR) is 84.1 cm³/mol. The zero-order valence-corrected chi connectivity index (χ0v) is 12.9. The summed E-state index contributed by atoms with van der Waals surface area (Å²) in [6, 6.07) is 9.01. The van der Waals surface area contributed by atoms with Gasteiger partial charge in [-0.2, -0.15) is 0 Å². The molecule has 0 saturated carbocycles. The van der Waals surface area contributed by atoms with Crippen LogP contribution >= 0.6 is 27.5 Å². The van der Waals surface area contributed by atoms with Gasteiger partial charge in [0.1, 0.15) is 0 Å². The van der Waals surface area contributed by atoms with Crippen LogP contribution < -0.4 is 11.1 Å². The van der Waals surface area contributed by atoms with E-state index in [2.05, 4.69) is 26.2 Å². The van der Waals surface area contributed by atoms with Gasteiger partial charge in [0.05, 0.1) is 5.69 Å². The normalized spacial score (nSPS) is 10.3. The maximum atomic E-state index is 12.1. The number of carbonyl (C=O) groups excluding carboxylic acids is 1. The zero-order valence-electron chi connectivity index (χ0n) is 10.6. The minimum absolute atomic E-state index is 0.230. The largest absolute Gasteiger partial charge is 0.330 e. The first-order chi connectivity index (χ1) is 9.60. The highest BCUT2D eigenvalue weighted by molar-refractivity contribution is 9.10. The number of nitrogens with zero attached hydrogens (tertiary/aromatic N) is 1. The highest BCUT2D eigenvalue weighted by Crippen LogP contribution is 2.23.